The zero-order valence-electron chi connectivity index (χ0n) is 8.90. The molecule has 0 bridgehead atoms. The summed E-state index contributed by atoms with van der Waals surface area (Å²) >= 11 is 0. The minimum atomic E-state index is -3.37. The number of aliphatic hydroxyl groups is 1. The highest BCUT2D eigenvalue weighted by atomic mass is 32.2. The molecule has 1 aliphatic rings. The Morgan fingerprint density at radius 3 is 2.50 bits per heavy atom. The highest BCUT2D eigenvalue weighted by Crippen LogP contribution is 2.38. The standard InChI is InChI=1S/C11H13FO3S/c1-16(14,15)9-3-2-8(10(12)6-9)7-11(13)4-5-11/h2-3,6,13H,4-5,7H2,1H3. The first-order chi connectivity index (χ1) is 7.30. The van der Waals surface area contributed by atoms with Gasteiger partial charge in [0.05, 0.1) is 10.5 Å². The second kappa shape index (κ2) is 3.53. The van der Waals surface area contributed by atoms with Gasteiger partial charge in [0, 0.05) is 12.7 Å². The molecule has 0 atom stereocenters. The van der Waals surface area contributed by atoms with Crippen LogP contribution in [0, 0.1) is 5.82 Å². The van der Waals surface area contributed by atoms with Gasteiger partial charge in [-0.15, -0.1) is 0 Å². The highest BCUT2D eigenvalue weighted by Gasteiger charge is 2.40. The minimum absolute atomic E-state index is 0.0310. The summed E-state index contributed by atoms with van der Waals surface area (Å²) in [5, 5.41) is 9.65. The summed E-state index contributed by atoms with van der Waals surface area (Å²) in [7, 11) is -3.37. The Labute approximate surface area is 93.8 Å². The van der Waals surface area contributed by atoms with E-state index >= 15 is 0 Å². The number of hydrogen-bond acceptors (Lipinski definition) is 3. The summed E-state index contributed by atoms with van der Waals surface area (Å²) in [5.74, 6) is -0.566. The molecule has 88 valence electrons. The summed E-state index contributed by atoms with van der Waals surface area (Å²) in [6, 6.07) is 3.82. The van der Waals surface area contributed by atoms with Gasteiger partial charge in [0.2, 0.25) is 0 Å². The van der Waals surface area contributed by atoms with Crippen LogP contribution in [0.25, 0.3) is 0 Å². The summed E-state index contributed by atoms with van der Waals surface area (Å²) in [5.41, 5.74) is -0.402. The molecule has 1 aromatic carbocycles. The molecular weight excluding hydrogens is 231 g/mol. The maximum absolute atomic E-state index is 13.6. The fraction of sp³-hybridized carbons (Fsp3) is 0.455. The van der Waals surface area contributed by atoms with E-state index in [9.17, 15) is 17.9 Å². The number of halogens is 1. The molecule has 2 rings (SSSR count). The van der Waals surface area contributed by atoms with E-state index in [0.717, 1.165) is 12.3 Å². The van der Waals surface area contributed by atoms with Crippen LogP contribution in [0.15, 0.2) is 23.1 Å². The van der Waals surface area contributed by atoms with Crippen molar-refractivity contribution in [3.8, 4) is 0 Å². The monoisotopic (exact) mass is 244 g/mol. The van der Waals surface area contributed by atoms with Crippen molar-refractivity contribution in [1.82, 2.24) is 0 Å². The van der Waals surface area contributed by atoms with Crippen LogP contribution in [0.1, 0.15) is 18.4 Å². The van der Waals surface area contributed by atoms with E-state index in [1.807, 2.05) is 0 Å². The Bertz CT molecular complexity index is 518. The van der Waals surface area contributed by atoms with Gasteiger partial charge >= 0.3 is 0 Å². The molecule has 0 amide bonds. The van der Waals surface area contributed by atoms with Gasteiger partial charge in [-0.05, 0) is 30.5 Å². The number of rotatable bonds is 3. The topological polar surface area (TPSA) is 54.4 Å². The predicted octanol–water partition coefficient (Wildman–Crippen LogP) is 1.30. The molecule has 0 saturated heterocycles. The Morgan fingerprint density at radius 2 is 2.06 bits per heavy atom. The van der Waals surface area contributed by atoms with Crippen molar-refractivity contribution in [2.45, 2.75) is 29.8 Å². The normalized spacial score (nSPS) is 18.4. The van der Waals surface area contributed by atoms with Gasteiger partial charge in [-0.25, -0.2) is 12.8 Å². The van der Waals surface area contributed by atoms with Crippen LogP contribution < -0.4 is 0 Å². The summed E-state index contributed by atoms with van der Waals surface area (Å²) in [6.07, 6.45) is 2.65. The lowest BCUT2D eigenvalue weighted by atomic mass is 10.1. The zero-order valence-corrected chi connectivity index (χ0v) is 9.72. The SMILES string of the molecule is CS(=O)(=O)c1ccc(CC2(O)CC2)c(F)c1. The largest absolute Gasteiger partial charge is 0.390 e. The molecule has 0 aliphatic heterocycles. The maximum Gasteiger partial charge on any atom is 0.175 e. The second-order valence-electron chi connectivity index (χ2n) is 4.43. The molecule has 5 heteroatoms. The summed E-state index contributed by atoms with van der Waals surface area (Å²) < 4.78 is 35.9. The van der Waals surface area contributed by atoms with E-state index in [-0.39, 0.29) is 11.3 Å². The van der Waals surface area contributed by atoms with E-state index in [1.165, 1.54) is 12.1 Å². The Kier molecular flexibility index (Phi) is 2.55. The summed E-state index contributed by atoms with van der Waals surface area (Å²) in [6.45, 7) is 0. The van der Waals surface area contributed by atoms with E-state index in [2.05, 4.69) is 0 Å². The van der Waals surface area contributed by atoms with Crippen LogP contribution in [0.2, 0.25) is 0 Å². The molecule has 1 aromatic rings. The minimum Gasteiger partial charge on any atom is -0.390 e. The van der Waals surface area contributed by atoms with Gasteiger partial charge in [-0.1, -0.05) is 6.07 Å². The molecule has 1 saturated carbocycles. The Hall–Kier alpha value is -0.940. The molecule has 16 heavy (non-hydrogen) atoms. The maximum atomic E-state index is 13.6. The van der Waals surface area contributed by atoms with Gasteiger partial charge in [0.15, 0.2) is 9.84 Å². The van der Waals surface area contributed by atoms with Crippen molar-refractivity contribution in [1.29, 1.82) is 0 Å². The molecule has 0 unspecified atom stereocenters. The average molecular weight is 244 g/mol. The lowest BCUT2D eigenvalue weighted by Gasteiger charge is -2.09. The van der Waals surface area contributed by atoms with Crippen molar-refractivity contribution in [3.05, 3.63) is 29.6 Å². The van der Waals surface area contributed by atoms with Crippen molar-refractivity contribution >= 4 is 9.84 Å². The summed E-state index contributed by atoms with van der Waals surface area (Å²) in [4.78, 5) is -0.0310. The second-order valence-corrected chi connectivity index (χ2v) is 6.44. The zero-order chi connectivity index (χ0) is 12.0. The van der Waals surface area contributed by atoms with Crippen LogP contribution >= 0.6 is 0 Å². The molecule has 0 heterocycles. The quantitative estimate of drug-likeness (QED) is 0.872. The van der Waals surface area contributed by atoms with Gasteiger partial charge in [-0.2, -0.15) is 0 Å². The number of sulfone groups is 1. The van der Waals surface area contributed by atoms with Crippen LogP contribution in [0.4, 0.5) is 4.39 Å². The molecule has 0 spiro atoms. The van der Waals surface area contributed by atoms with Crippen molar-refractivity contribution in [2.75, 3.05) is 6.26 Å². The number of hydrogen-bond donors (Lipinski definition) is 1. The Balaban J connectivity index is 2.30. The van der Waals surface area contributed by atoms with Crippen molar-refractivity contribution in [2.24, 2.45) is 0 Å². The fourth-order valence-electron chi connectivity index (χ4n) is 1.58. The number of benzene rings is 1. The predicted molar refractivity (Wildman–Crippen MR) is 57.4 cm³/mol. The Morgan fingerprint density at radius 1 is 1.44 bits per heavy atom. The van der Waals surface area contributed by atoms with Crippen LogP contribution in [-0.2, 0) is 16.3 Å². The smallest absolute Gasteiger partial charge is 0.175 e. The third kappa shape index (κ3) is 2.41. The lowest BCUT2D eigenvalue weighted by molar-refractivity contribution is 0.149. The molecule has 1 N–H and O–H groups in total. The highest BCUT2D eigenvalue weighted by molar-refractivity contribution is 7.90. The first-order valence-corrected chi connectivity index (χ1v) is 6.90. The molecule has 3 nitrogen and oxygen atoms in total. The van der Waals surface area contributed by atoms with E-state index in [0.29, 0.717) is 18.4 Å². The fourth-order valence-corrected chi connectivity index (χ4v) is 2.21. The first kappa shape index (κ1) is 11.5. The molecule has 0 radical (unpaired) electrons. The lowest BCUT2D eigenvalue weighted by Crippen LogP contribution is -2.12. The third-order valence-electron chi connectivity index (χ3n) is 2.80. The van der Waals surface area contributed by atoms with Crippen LogP contribution in [0.5, 0.6) is 0 Å². The third-order valence-corrected chi connectivity index (χ3v) is 3.91. The van der Waals surface area contributed by atoms with Crippen LogP contribution in [-0.4, -0.2) is 25.4 Å². The van der Waals surface area contributed by atoms with E-state index < -0.39 is 21.3 Å². The molecule has 1 fully saturated rings. The van der Waals surface area contributed by atoms with Gasteiger partial charge in [0.1, 0.15) is 5.82 Å². The van der Waals surface area contributed by atoms with Gasteiger partial charge in [0.25, 0.3) is 0 Å². The van der Waals surface area contributed by atoms with Crippen molar-refractivity contribution < 1.29 is 17.9 Å². The van der Waals surface area contributed by atoms with Gasteiger partial charge < -0.3 is 5.11 Å². The van der Waals surface area contributed by atoms with E-state index in [1.54, 1.807) is 0 Å². The molecule has 1 aliphatic carbocycles. The first-order valence-electron chi connectivity index (χ1n) is 5.01. The van der Waals surface area contributed by atoms with Crippen LogP contribution in [0.3, 0.4) is 0 Å². The van der Waals surface area contributed by atoms with Crippen molar-refractivity contribution in [3.63, 3.8) is 0 Å². The average Bonchev–Trinajstić information content (AvgIpc) is 2.86. The molecular formula is C11H13FO3S. The van der Waals surface area contributed by atoms with E-state index in [4.69, 9.17) is 0 Å². The van der Waals surface area contributed by atoms with Gasteiger partial charge in [-0.3, -0.25) is 0 Å². The molecule has 0 aromatic heterocycles.